The standard InChI is InChI=1S/C17H15FN4OS.C16H13FN4OS/c1-11-10-24-17(20-11)21-16(23)12-6-13(18)8-15(7-12)22(2)14-4-3-5-19-9-14;1-21(13-3-2-4-18-10-13)14-8-11(7-12(17)9-14)15(22)20-16-19-5-6-23-16/h3-10H,1-2H3,(H,20,21,23);2-10H,1H3,(H,19,20,22). The third-order valence-electron chi connectivity index (χ3n) is 6.62. The Morgan fingerprint density at radius 3 is 1.66 bits per heavy atom. The SMILES string of the molecule is CN(c1cccnc1)c1cc(F)cc(C(=O)Nc2nccs2)c1.Cc1csc(NC(=O)c2cc(F)cc(N(C)c3cccnc3)c2)n1. The smallest absolute Gasteiger partial charge is 0.257 e. The van der Waals surface area contributed by atoms with E-state index in [1.165, 1.54) is 46.9 Å². The van der Waals surface area contributed by atoms with Gasteiger partial charge in [0.2, 0.25) is 0 Å². The van der Waals surface area contributed by atoms with E-state index in [4.69, 9.17) is 0 Å². The maximum atomic E-state index is 14.0. The number of benzene rings is 2. The number of hydrogen-bond donors (Lipinski definition) is 2. The number of nitrogens with one attached hydrogen (secondary N) is 2. The minimum atomic E-state index is -0.484. The van der Waals surface area contributed by atoms with Gasteiger partial charge < -0.3 is 9.80 Å². The lowest BCUT2D eigenvalue weighted by Gasteiger charge is -2.19. The molecule has 0 unspecified atom stereocenters. The second-order valence-corrected chi connectivity index (χ2v) is 11.7. The highest BCUT2D eigenvalue weighted by Crippen LogP contribution is 2.27. The van der Waals surface area contributed by atoms with Crippen LogP contribution in [0.5, 0.6) is 0 Å². The molecule has 238 valence electrons. The van der Waals surface area contributed by atoms with Gasteiger partial charge >= 0.3 is 0 Å². The van der Waals surface area contributed by atoms with Gasteiger partial charge in [-0.3, -0.25) is 30.2 Å². The van der Waals surface area contributed by atoms with Gasteiger partial charge in [-0.2, -0.15) is 0 Å². The Balaban J connectivity index is 0.000000185. The molecular formula is C33H28F2N8O2S2. The molecule has 6 aromatic rings. The predicted octanol–water partition coefficient (Wildman–Crippen LogP) is 7.70. The molecule has 0 saturated heterocycles. The summed E-state index contributed by atoms with van der Waals surface area (Å²) in [6.07, 6.45) is 8.25. The van der Waals surface area contributed by atoms with Gasteiger partial charge in [0.25, 0.3) is 11.8 Å². The Morgan fingerprint density at radius 2 is 1.23 bits per heavy atom. The Kier molecular flexibility index (Phi) is 10.5. The molecule has 2 amide bonds. The van der Waals surface area contributed by atoms with Gasteiger partial charge in [-0.05, 0) is 67.6 Å². The van der Waals surface area contributed by atoms with Crippen LogP contribution in [-0.4, -0.2) is 45.8 Å². The van der Waals surface area contributed by atoms with E-state index >= 15 is 0 Å². The second kappa shape index (κ2) is 15.1. The van der Waals surface area contributed by atoms with Crippen LogP contribution in [0.2, 0.25) is 0 Å². The van der Waals surface area contributed by atoms with Gasteiger partial charge in [0.1, 0.15) is 11.6 Å². The van der Waals surface area contributed by atoms with Crippen LogP contribution in [0.15, 0.2) is 102 Å². The zero-order valence-electron chi connectivity index (χ0n) is 25.4. The zero-order chi connectivity index (χ0) is 33.3. The maximum absolute atomic E-state index is 14.0. The van der Waals surface area contributed by atoms with Crippen molar-refractivity contribution >= 4 is 67.5 Å². The normalized spacial score (nSPS) is 10.4. The summed E-state index contributed by atoms with van der Waals surface area (Å²) in [6, 6.07) is 15.7. The summed E-state index contributed by atoms with van der Waals surface area (Å²) in [4.78, 5) is 44.4. The number of aromatic nitrogens is 4. The fourth-order valence-corrected chi connectivity index (χ4v) is 5.44. The van der Waals surface area contributed by atoms with Gasteiger partial charge in [0, 0.05) is 65.9 Å². The van der Waals surface area contributed by atoms with Crippen LogP contribution in [0.3, 0.4) is 0 Å². The van der Waals surface area contributed by atoms with E-state index in [2.05, 4.69) is 30.6 Å². The van der Waals surface area contributed by atoms with E-state index in [9.17, 15) is 18.4 Å². The second-order valence-electron chi connectivity index (χ2n) is 9.98. The van der Waals surface area contributed by atoms with Crippen LogP contribution < -0.4 is 20.4 Å². The van der Waals surface area contributed by atoms with E-state index in [1.807, 2.05) is 24.4 Å². The molecular weight excluding hydrogens is 643 g/mol. The number of pyridine rings is 2. The molecule has 2 aromatic carbocycles. The van der Waals surface area contributed by atoms with Crippen LogP contribution >= 0.6 is 22.7 Å². The number of aryl methyl sites for hydroxylation is 1. The molecule has 0 spiro atoms. The quantitative estimate of drug-likeness (QED) is 0.169. The van der Waals surface area contributed by atoms with Crippen molar-refractivity contribution in [1.29, 1.82) is 0 Å². The molecule has 4 aromatic heterocycles. The third-order valence-corrected chi connectivity index (χ3v) is 8.19. The fraction of sp³-hybridized carbons (Fsp3) is 0.0909. The van der Waals surface area contributed by atoms with Crippen LogP contribution in [0.4, 0.5) is 41.8 Å². The number of hydrogen-bond acceptors (Lipinski definition) is 10. The number of nitrogens with zero attached hydrogens (tertiary/aromatic N) is 6. The predicted molar refractivity (Wildman–Crippen MR) is 182 cm³/mol. The van der Waals surface area contributed by atoms with Crippen molar-refractivity contribution in [2.45, 2.75) is 6.92 Å². The molecule has 0 fully saturated rings. The number of halogens is 2. The maximum Gasteiger partial charge on any atom is 0.257 e. The molecule has 6 rings (SSSR count). The van der Waals surface area contributed by atoms with Gasteiger partial charge in [-0.15, -0.1) is 22.7 Å². The molecule has 4 heterocycles. The molecule has 2 N–H and O–H groups in total. The van der Waals surface area contributed by atoms with Crippen LogP contribution in [0.1, 0.15) is 26.4 Å². The average molecular weight is 671 g/mol. The molecule has 0 atom stereocenters. The minimum Gasteiger partial charge on any atom is -0.343 e. The van der Waals surface area contributed by atoms with Crippen molar-refractivity contribution < 1.29 is 18.4 Å². The lowest BCUT2D eigenvalue weighted by atomic mass is 10.1. The molecule has 0 bridgehead atoms. The van der Waals surface area contributed by atoms with E-state index < -0.39 is 23.4 Å². The van der Waals surface area contributed by atoms with Gasteiger partial charge in [-0.25, -0.2) is 18.7 Å². The lowest BCUT2D eigenvalue weighted by molar-refractivity contribution is 0.101. The van der Waals surface area contributed by atoms with E-state index in [1.54, 1.807) is 84.5 Å². The number of thiazole rings is 2. The van der Waals surface area contributed by atoms with E-state index in [0.717, 1.165) is 17.1 Å². The first-order valence-electron chi connectivity index (χ1n) is 14.0. The van der Waals surface area contributed by atoms with Crippen LogP contribution in [-0.2, 0) is 0 Å². The topological polar surface area (TPSA) is 116 Å². The number of amides is 2. The summed E-state index contributed by atoms with van der Waals surface area (Å²) in [5.41, 5.74) is 3.99. The summed E-state index contributed by atoms with van der Waals surface area (Å²) in [7, 11) is 3.58. The zero-order valence-corrected chi connectivity index (χ0v) is 27.0. The van der Waals surface area contributed by atoms with Crippen molar-refractivity contribution in [3.63, 3.8) is 0 Å². The van der Waals surface area contributed by atoms with E-state index in [-0.39, 0.29) is 11.1 Å². The van der Waals surface area contributed by atoms with Crippen molar-refractivity contribution in [3.8, 4) is 0 Å². The number of carbonyl (C=O) groups is 2. The summed E-state index contributed by atoms with van der Waals surface area (Å²) < 4.78 is 27.9. The first kappa shape index (κ1) is 32.8. The van der Waals surface area contributed by atoms with Gasteiger partial charge in [0.15, 0.2) is 10.3 Å². The van der Waals surface area contributed by atoms with E-state index in [0.29, 0.717) is 21.6 Å². The molecule has 0 aliphatic carbocycles. The van der Waals surface area contributed by atoms with Crippen molar-refractivity contribution in [2.75, 3.05) is 34.5 Å². The molecule has 0 aliphatic heterocycles. The van der Waals surface area contributed by atoms with Crippen molar-refractivity contribution in [1.82, 2.24) is 19.9 Å². The Hall–Kier alpha value is -5.60. The first-order chi connectivity index (χ1) is 22.7. The minimum absolute atomic E-state index is 0.228. The largest absolute Gasteiger partial charge is 0.343 e. The number of anilines is 6. The van der Waals surface area contributed by atoms with Crippen LogP contribution in [0.25, 0.3) is 0 Å². The highest BCUT2D eigenvalue weighted by Gasteiger charge is 2.15. The van der Waals surface area contributed by atoms with Crippen molar-refractivity contribution in [3.05, 3.63) is 131 Å². The monoisotopic (exact) mass is 670 g/mol. The lowest BCUT2D eigenvalue weighted by Crippen LogP contribution is -2.15. The number of carbonyl (C=O) groups excluding carboxylic acids is 2. The Bertz CT molecular complexity index is 1960. The van der Waals surface area contributed by atoms with Crippen molar-refractivity contribution in [2.24, 2.45) is 0 Å². The van der Waals surface area contributed by atoms with Gasteiger partial charge in [-0.1, -0.05) is 0 Å². The van der Waals surface area contributed by atoms with Gasteiger partial charge in [0.05, 0.1) is 29.5 Å². The fourth-order valence-electron chi connectivity index (χ4n) is 4.24. The summed E-state index contributed by atoms with van der Waals surface area (Å²) in [5.74, 6) is -1.77. The molecule has 47 heavy (non-hydrogen) atoms. The van der Waals surface area contributed by atoms with Crippen LogP contribution in [0, 0.1) is 18.6 Å². The molecule has 0 aliphatic rings. The third kappa shape index (κ3) is 8.77. The summed E-state index contributed by atoms with van der Waals surface area (Å²) in [5, 5.41) is 9.88. The Morgan fingerprint density at radius 1 is 0.702 bits per heavy atom. The molecule has 14 heteroatoms. The summed E-state index contributed by atoms with van der Waals surface area (Å²) >= 11 is 2.63. The first-order valence-corrected chi connectivity index (χ1v) is 15.7. The highest BCUT2D eigenvalue weighted by molar-refractivity contribution is 7.14. The Labute approximate surface area is 277 Å². The average Bonchev–Trinajstić information content (AvgIpc) is 3.75. The summed E-state index contributed by atoms with van der Waals surface area (Å²) in [6.45, 7) is 1.84. The molecule has 10 nitrogen and oxygen atoms in total. The highest BCUT2D eigenvalue weighted by atomic mass is 32.1. The molecule has 0 saturated carbocycles. The number of rotatable bonds is 8. The molecule has 0 radical (unpaired) electrons.